The lowest BCUT2D eigenvalue weighted by atomic mass is 10.0. The van der Waals surface area contributed by atoms with Gasteiger partial charge < -0.3 is 15.5 Å². The predicted octanol–water partition coefficient (Wildman–Crippen LogP) is 0.425. The highest BCUT2D eigenvalue weighted by atomic mass is 16.3. The van der Waals surface area contributed by atoms with Crippen LogP contribution < -0.4 is 5.32 Å². The van der Waals surface area contributed by atoms with Gasteiger partial charge in [0.2, 0.25) is 5.91 Å². The molecule has 3 atom stereocenters. The molecule has 0 aromatic heterocycles. The van der Waals surface area contributed by atoms with Gasteiger partial charge in [-0.25, -0.2) is 0 Å². The van der Waals surface area contributed by atoms with Crippen LogP contribution in [-0.4, -0.2) is 34.9 Å². The fourth-order valence-corrected chi connectivity index (χ4v) is 2.06. The zero-order valence-electron chi connectivity index (χ0n) is 9.28. The normalized spacial score (nSPS) is 27.7. The van der Waals surface area contributed by atoms with Crippen LogP contribution in [0.3, 0.4) is 0 Å². The number of aliphatic hydroxyl groups is 2. The van der Waals surface area contributed by atoms with Crippen molar-refractivity contribution in [1.29, 1.82) is 0 Å². The number of aliphatic hydroxyl groups excluding tert-OH is 2. The van der Waals surface area contributed by atoms with E-state index >= 15 is 0 Å². The summed E-state index contributed by atoms with van der Waals surface area (Å²) in [6.45, 7) is 1.83. The topological polar surface area (TPSA) is 69.6 Å². The standard InChI is InChI=1S/C11H21NO3/c1-8(14)5-6-11(15)12-10-4-2-3-9(10)7-13/h8-10,13-14H,2-7H2,1H3,(H,12,15). The number of rotatable bonds is 5. The average Bonchev–Trinajstić information content (AvgIpc) is 2.62. The molecule has 0 aliphatic heterocycles. The van der Waals surface area contributed by atoms with Gasteiger partial charge in [-0.2, -0.15) is 0 Å². The van der Waals surface area contributed by atoms with Crippen LogP contribution >= 0.6 is 0 Å². The Morgan fingerprint density at radius 1 is 1.53 bits per heavy atom. The summed E-state index contributed by atoms with van der Waals surface area (Å²) in [5.74, 6) is 0.210. The Morgan fingerprint density at radius 2 is 2.27 bits per heavy atom. The molecule has 0 spiro atoms. The van der Waals surface area contributed by atoms with E-state index in [1.165, 1.54) is 0 Å². The molecule has 3 unspecified atom stereocenters. The third kappa shape index (κ3) is 4.18. The SMILES string of the molecule is CC(O)CCC(=O)NC1CCCC1CO. The van der Waals surface area contributed by atoms with E-state index in [4.69, 9.17) is 10.2 Å². The van der Waals surface area contributed by atoms with Gasteiger partial charge in [0.1, 0.15) is 0 Å². The molecule has 4 heteroatoms. The van der Waals surface area contributed by atoms with Crippen LogP contribution in [0.2, 0.25) is 0 Å². The Balaban J connectivity index is 2.24. The lowest BCUT2D eigenvalue weighted by Gasteiger charge is -2.19. The molecule has 15 heavy (non-hydrogen) atoms. The molecule has 1 saturated carbocycles. The molecular formula is C11H21NO3. The molecular weight excluding hydrogens is 194 g/mol. The van der Waals surface area contributed by atoms with E-state index in [2.05, 4.69) is 5.32 Å². The molecule has 1 rings (SSSR count). The first kappa shape index (κ1) is 12.5. The second-order valence-corrected chi connectivity index (χ2v) is 4.44. The molecule has 0 radical (unpaired) electrons. The Morgan fingerprint density at radius 3 is 2.87 bits per heavy atom. The third-order valence-corrected chi connectivity index (χ3v) is 3.03. The van der Waals surface area contributed by atoms with Gasteiger partial charge in [0.25, 0.3) is 0 Å². The van der Waals surface area contributed by atoms with Crippen LogP contribution in [0.15, 0.2) is 0 Å². The van der Waals surface area contributed by atoms with E-state index in [0.29, 0.717) is 12.8 Å². The Kier molecular flexibility index (Phi) is 5.05. The fourth-order valence-electron chi connectivity index (χ4n) is 2.06. The minimum Gasteiger partial charge on any atom is -0.396 e. The molecule has 3 N–H and O–H groups in total. The van der Waals surface area contributed by atoms with Crippen LogP contribution in [-0.2, 0) is 4.79 Å². The number of carbonyl (C=O) groups excluding carboxylic acids is 1. The molecule has 0 aromatic carbocycles. The van der Waals surface area contributed by atoms with Crippen molar-refractivity contribution in [3.8, 4) is 0 Å². The van der Waals surface area contributed by atoms with Crippen molar-refractivity contribution < 1.29 is 15.0 Å². The maximum absolute atomic E-state index is 11.5. The predicted molar refractivity (Wildman–Crippen MR) is 57.3 cm³/mol. The summed E-state index contributed by atoms with van der Waals surface area (Å²) in [4.78, 5) is 11.5. The summed E-state index contributed by atoms with van der Waals surface area (Å²) >= 11 is 0. The molecule has 88 valence electrons. The van der Waals surface area contributed by atoms with Crippen LogP contribution in [0.1, 0.15) is 39.0 Å². The lowest BCUT2D eigenvalue weighted by Crippen LogP contribution is -2.38. The van der Waals surface area contributed by atoms with Crippen molar-refractivity contribution in [1.82, 2.24) is 5.32 Å². The quantitative estimate of drug-likeness (QED) is 0.622. The monoisotopic (exact) mass is 215 g/mol. The van der Waals surface area contributed by atoms with Gasteiger partial charge in [-0.1, -0.05) is 6.42 Å². The molecule has 1 amide bonds. The van der Waals surface area contributed by atoms with Crippen molar-refractivity contribution in [2.45, 2.75) is 51.2 Å². The summed E-state index contributed by atoms with van der Waals surface area (Å²) in [5.41, 5.74) is 0. The molecule has 1 fully saturated rings. The van der Waals surface area contributed by atoms with Gasteiger partial charge >= 0.3 is 0 Å². The molecule has 0 saturated heterocycles. The minimum atomic E-state index is -0.423. The van der Waals surface area contributed by atoms with Crippen LogP contribution in [0.4, 0.5) is 0 Å². The second kappa shape index (κ2) is 6.08. The minimum absolute atomic E-state index is 0.0127. The van der Waals surface area contributed by atoms with Gasteiger partial charge in [-0.15, -0.1) is 0 Å². The number of hydrogen-bond acceptors (Lipinski definition) is 3. The van der Waals surface area contributed by atoms with E-state index in [0.717, 1.165) is 19.3 Å². The summed E-state index contributed by atoms with van der Waals surface area (Å²) in [6, 6.07) is 0.136. The van der Waals surface area contributed by atoms with Crippen LogP contribution in [0, 0.1) is 5.92 Å². The fraction of sp³-hybridized carbons (Fsp3) is 0.909. The van der Waals surface area contributed by atoms with E-state index in [9.17, 15) is 4.79 Å². The summed E-state index contributed by atoms with van der Waals surface area (Å²) in [7, 11) is 0. The van der Waals surface area contributed by atoms with Crippen molar-refractivity contribution in [2.24, 2.45) is 5.92 Å². The first-order valence-corrected chi connectivity index (χ1v) is 5.71. The number of hydrogen-bond donors (Lipinski definition) is 3. The first-order chi connectivity index (χ1) is 7.13. The van der Waals surface area contributed by atoms with Gasteiger partial charge in [-0.05, 0) is 26.2 Å². The number of nitrogens with one attached hydrogen (secondary N) is 1. The maximum atomic E-state index is 11.5. The van der Waals surface area contributed by atoms with E-state index in [1.807, 2.05) is 0 Å². The summed E-state index contributed by atoms with van der Waals surface area (Å²) < 4.78 is 0. The average molecular weight is 215 g/mol. The highest BCUT2D eigenvalue weighted by Gasteiger charge is 2.27. The highest BCUT2D eigenvalue weighted by molar-refractivity contribution is 5.76. The largest absolute Gasteiger partial charge is 0.396 e. The smallest absolute Gasteiger partial charge is 0.220 e. The molecule has 4 nitrogen and oxygen atoms in total. The zero-order chi connectivity index (χ0) is 11.3. The molecule has 0 heterocycles. The highest BCUT2D eigenvalue weighted by Crippen LogP contribution is 2.25. The molecule has 1 aliphatic carbocycles. The molecule has 1 aliphatic rings. The van der Waals surface area contributed by atoms with Crippen molar-refractivity contribution in [2.75, 3.05) is 6.61 Å². The van der Waals surface area contributed by atoms with E-state index < -0.39 is 6.10 Å². The summed E-state index contributed by atoms with van der Waals surface area (Å²) in [5, 5.41) is 21.0. The lowest BCUT2D eigenvalue weighted by molar-refractivity contribution is -0.122. The van der Waals surface area contributed by atoms with E-state index in [1.54, 1.807) is 6.92 Å². The van der Waals surface area contributed by atoms with Crippen LogP contribution in [0.25, 0.3) is 0 Å². The van der Waals surface area contributed by atoms with Gasteiger partial charge in [0, 0.05) is 25.0 Å². The Bertz CT molecular complexity index is 206. The number of amides is 1. The van der Waals surface area contributed by atoms with Crippen molar-refractivity contribution in [3.63, 3.8) is 0 Å². The maximum Gasteiger partial charge on any atom is 0.220 e. The second-order valence-electron chi connectivity index (χ2n) is 4.44. The summed E-state index contributed by atoms with van der Waals surface area (Å²) in [6.07, 6.45) is 3.48. The van der Waals surface area contributed by atoms with E-state index in [-0.39, 0.29) is 24.5 Å². The first-order valence-electron chi connectivity index (χ1n) is 5.71. The van der Waals surface area contributed by atoms with Crippen molar-refractivity contribution in [3.05, 3.63) is 0 Å². The number of carbonyl (C=O) groups is 1. The third-order valence-electron chi connectivity index (χ3n) is 3.03. The Hall–Kier alpha value is -0.610. The van der Waals surface area contributed by atoms with Gasteiger partial charge in [0.05, 0.1) is 6.10 Å². The van der Waals surface area contributed by atoms with Crippen molar-refractivity contribution >= 4 is 5.91 Å². The van der Waals surface area contributed by atoms with Gasteiger partial charge in [-0.3, -0.25) is 4.79 Å². The zero-order valence-corrected chi connectivity index (χ0v) is 9.28. The molecule has 0 aromatic rings. The Labute approximate surface area is 90.7 Å². The molecule has 0 bridgehead atoms. The van der Waals surface area contributed by atoms with Crippen LogP contribution in [0.5, 0.6) is 0 Å². The van der Waals surface area contributed by atoms with Gasteiger partial charge in [0.15, 0.2) is 0 Å².